The highest BCUT2D eigenvalue weighted by molar-refractivity contribution is 7.80. The summed E-state index contributed by atoms with van der Waals surface area (Å²) in [5.74, 6) is 0.487. The van der Waals surface area contributed by atoms with Crippen LogP contribution in [0, 0.1) is 0 Å². The van der Waals surface area contributed by atoms with Crippen molar-refractivity contribution in [3.8, 4) is 5.75 Å². The quantitative estimate of drug-likeness (QED) is 0.852. The molecular formula is C18H18N2O2S. The van der Waals surface area contributed by atoms with E-state index in [1.165, 1.54) is 11.1 Å². The predicted molar refractivity (Wildman–Crippen MR) is 93.7 cm³/mol. The number of methoxy groups -OCH3 is 1. The minimum atomic E-state index is -0.226. The average Bonchev–Trinajstić information content (AvgIpc) is 2.98. The van der Waals surface area contributed by atoms with E-state index in [1.807, 2.05) is 12.1 Å². The molecule has 1 unspecified atom stereocenters. The summed E-state index contributed by atoms with van der Waals surface area (Å²) in [6.45, 7) is 0. The summed E-state index contributed by atoms with van der Waals surface area (Å²) >= 11 is 5.28. The van der Waals surface area contributed by atoms with Crippen molar-refractivity contribution in [2.24, 2.45) is 0 Å². The Hall–Kier alpha value is -2.40. The van der Waals surface area contributed by atoms with Crippen LogP contribution in [0.5, 0.6) is 5.75 Å². The normalized spacial score (nSPS) is 15.6. The molecule has 1 atom stereocenters. The Labute approximate surface area is 140 Å². The van der Waals surface area contributed by atoms with E-state index in [-0.39, 0.29) is 11.9 Å². The largest absolute Gasteiger partial charge is 0.497 e. The second-order valence-electron chi connectivity index (χ2n) is 5.45. The van der Waals surface area contributed by atoms with Crippen molar-refractivity contribution >= 4 is 23.2 Å². The van der Waals surface area contributed by atoms with Gasteiger partial charge in [0.05, 0.1) is 13.2 Å². The molecule has 1 aliphatic rings. The highest BCUT2D eigenvalue weighted by Crippen LogP contribution is 2.30. The van der Waals surface area contributed by atoms with Gasteiger partial charge in [-0.1, -0.05) is 24.3 Å². The second kappa shape index (κ2) is 6.79. The van der Waals surface area contributed by atoms with Crippen molar-refractivity contribution in [3.63, 3.8) is 0 Å². The number of rotatable bonds is 3. The molecule has 0 spiro atoms. The molecule has 0 aromatic heterocycles. The van der Waals surface area contributed by atoms with E-state index in [0.29, 0.717) is 16.4 Å². The van der Waals surface area contributed by atoms with Gasteiger partial charge in [-0.25, -0.2) is 0 Å². The molecule has 2 aromatic rings. The van der Waals surface area contributed by atoms with Crippen molar-refractivity contribution < 1.29 is 9.53 Å². The van der Waals surface area contributed by atoms with Crippen LogP contribution in [-0.4, -0.2) is 18.1 Å². The number of benzene rings is 2. The molecule has 0 saturated heterocycles. The number of thiocarbonyl (C=S) groups is 1. The first kappa shape index (κ1) is 15.5. The minimum Gasteiger partial charge on any atom is -0.497 e. The molecule has 3 rings (SSSR count). The Bertz CT molecular complexity index is 728. The minimum absolute atomic E-state index is 0.162. The molecule has 0 aliphatic heterocycles. The number of hydrogen-bond acceptors (Lipinski definition) is 3. The van der Waals surface area contributed by atoms with Gasteiger partial charge >= 0.3 is 0 Å². The van der Waals surface area contributed by atoms with E-state index in [4.69, 9.17) is 17.0 Å². The molecule has 0 saturated carbocycles. The zero-order chi connectivity index (χ0) is 16.2. The van der Waals surface area contributed by atoms with E-state index in [1.54, 1.807) is 31.4 Å². The molecule has 0 heterocycles. The Balaban J connectivity index is 1.60. The topological polar surface area (TPSA) is 50.4 Å². The van der Waals surface area contributed by atoms with E-state index < -0.39 is 0 Å². The molecule has 1 aliphatic carbocycles. The first-order chi connectivity index (χ1) is 11.2. The zero-order valence-electron chi connectivity index (χ0n) is 12.8. The molecule has 23 heavy (non-hydrogen) atoms. The second-order valence-corrected chi connectivity index (χ2v) is 5.85. The van der Waals surface area contributed by atoms with Gasteiger partial charge in [0.15, 0.2) is 5.11 Å². The fourth-order valence-electron chi connectivity index (χ4n) is 2.82. The standard InChI is InChI=1S/C18H18N2O2S/c1-22-14-9-6-13(7-10-14)17(21)20-18(23)19-16-11-8-12-4-2-3-5-15(12)16/h2-7,9-10,16H,8,11H2,1H3,(H2,19,20,21,23). The lowest BCUT2D eigenvalue weighted by Crippen LogP contribution is -2.40. The fourth-order valence-corrected chi connectivity index (χ4v) is 3.05. The van der Waals surface area contributed by atoms with Crippen LogP contribution in [0.1, 0.15) is 33.9 Å². The van der Waals surface area contributed by atoms with Crippen LogP contribution in [0.3, 0.4) is 0 Å². The predicted octanol–water partition coefficient (Wildman–Crippen LogP) is 2.99. The summed E-state index contributed by atoms with van der Waals surface area (Å²) in [4.78, 5) is 12.2. The van der Waals surface area contributed by atoms with Crippen molar-refractivity contribution in [2.45, 2.75) is 18.9 Å². The van der Waals surface area contributed by atoms with E-state index >= 15 is 0 Å². The maximum Gasteiger partial charge on any atom is 0.257 e. The molecule has 1 amide bonds. The number of ether oxygens (including phenoxy) is 1. The van der Waals surface area contributed by atoms with Gasteiger partial charge in [0.1, 0.15) is 5.75 Å². The summed E-state index contributed by atoms with van der Waals surface area (Å²) in [6.07, 6.45) is 2.01. The van der Waals surface area contributed by atoms with Gasteiger partial charge in [0.2, 0.25) is 0 Å². The van der Waals surface area contributed by atoms with Crippen molar-refractivity contribution in [3.05, 3.63) is 65.2 Å². The van der Waals surface area contributed by atoms with Gasteiger partial charge in [0, 0.05) is 5.56 Å². The van der Waals surface area contributed by atoms with Gasteiger partial charge < -0.3 is 10.1 Å². The molecule has 4 nitrogen and oxygen atoms in total. The molecule has 5 heteroatoms. The fraction of sp³-hybridized carbons (Fsp3) is 0.222. The third kappa shape index (κ3) is 3.51. The van der Waals surface area contributed by atoms with Crippen molar-refractivity contribution in [1.82, 2.24) is 10.6 Å². The van der Waals surface area contributed by atoms with Crippen LogP contribution in [0.2, 0.25) is 0 Å². The average molecular weight is 326 g/mol. The monoisotopic (exact) mass is 326 g/mol. The maximum atomic E-state index is 12.2. The van der Waals surface area contributed by atoms with Gasteiger partial charge in [-0.2, -0.15) is 0 Å². The molecule has 0 bridgehead atoms. The van der Waals surface area contributed by atoms with Crippen molar-refractivity contribution in [2.75, 3.05) is 7.11 Å². The zero-order valence-corrected chi connectivity index (χ0v) is 13.7. The number of carbonyl (C=O) groups is 1. The number of nitrogens with one attached hydrogen (secondary N) is 2. The molecule has 118 valence electrons. The first-order valence-corrected chi connectivity index (χ1v) is 7.92. The molecule has 0 fully saturated rings. The van der Waals surface area contributed by atoms with Crippen molar-refractivity contribution in [1.29, 1.82) is 0 Å². The number of hydrogen-bond donors (Lipinski definition) is 2. The summed E-state index contributed by atoms with van der Waals surface area (Å²) in [6, 6.07) is 15.4. The maximum absolute atomic E-state index is 12.2. The van der Waals surface area contributed by atoms with Crippen LogP contribution < -0.4 is 15.4 Å². The first-order valence-electron chi connectivity index (χ1n) is 7.51. The van der Waals surface area contributed by atoms with Gasteiger partial charge in [-0.15, -0.1) is 0 Å². The Morgan fingerprint density at radius 3 is 2.65 bits per heavy atom. The SMILES string of the molecule is COc1ccc(C(=O)NC(=S)NC2CCc3ccccc32)cc1. The van der Waals surface area contributed by atoms with E-state index in [9.17, 15) is 4.79 Å². The summed E-state index contributed by atoms with van der Waals surface area (Å²) in [5, 5.41) is 6.32. The number of aryl methyl sites for hydroxylation is 1. The Morgan fingerprint density at radius 2 is 1.91 bits per heavy atom. The smallest absolute Gasteiger partial charge is 0.257 e. The third-order valence-corrected chi connectivity index (χ3v) is 4.24. The summed E-state index contributed by atoms with van der Waals surface area (Å²) < 4.78 is 5.08. The Morgan fingerprint density at radius 1 is 1.17 bits per heavy atom. The lowest BCUT2D eigenvalue weighted by molar-refractivity contribution is 0.0976. The van der Waals surface area contributed by atoms with E-state index in [2.05, 4.69) is 22.8 Å². The molecule has 2 N–H and O–H groups in total. The molecular weight excluding hydrogens is 308 g/mol. The Kier molecular flexibility index (Phi) is 4.57. The van der Waals surface area contributed by atoms with Crippen LogP contribution in [0.15, 0.2) is 48.5 Å². The highest BCUT2D eigenvalue weighted by Gasteiger charge is 2.22. The lowest BCUT2D eigenvalue weighted by Gasteiger charge is -2.16. The number of amides is 1. The van der Waals surface area contributed by atoms with Crippen LogP contribution in [0.4, 0.5) is 0 Å². The number of fused-ring (bicyclic) bond motifs is 1. The summed E-state index contributed by atoms with van der Waals surface area (Å²) in [7, 11) is 1.59. The van der Waals surface area contributed by atoms with Gasteiger partial charge in [-0.05, 0) is 60.5 Å². The van der Waals surface area contributed by atoms with Gasteiger partial charge in [-0.3, -0.25) is 10.1 Å². The van der Waals surface area contributed by atoms with Gasteiger partial charge in [0.25, 0.3) is 5.91 Å². The molecule has 2 aromatic carbocycles. The third-order valence-electron chi connectivity index (χ3n) is 4.02. The lowest BCUT2D eigenvalue weighted by atomic mass is 10.1. The highest BCUT2D eigenvalue weighted by atomic mass is 32.1. The van der Waals surface area contributed by atoms with E-state index in [0.717, 1.165) is 12.8 Å². The number of carbonyl (C=O) groups excluding carboxylic acids is 1. The summed E-state index contributed by atoms with van der Waals surface area (Å²) in [5.41, 5.74) is 3.14. The van der Waals surface area contributed by atoms with Crippen LogP contribution >= 0.6 is 12.2 Å². The molecule has 0 radical (unpaired) electrons. The van der Waals surface area contributed by atoms with Crippen LogP contribution in [0.25, 0.3) is 0 Å². The van der Waals surface area contributed by atoms with Crippen LogP contribution in [-0.2, 0) is 6.42 Å².